The Morgan fingerprint density at radius 2 is 2.10 bits per heavy atom. The van der Waals surface area contributed by atoms with Gasteiger partial charge in [-0.3, -0.25) is 4.79 Å². The number of amides is 1. The zero-order chi connectivity index (χ0) is 14.4. The molecule has 3 rings (SSSR count). The van der Waals surface area contributed by atoms with Crippen molar-refractivity contribution in [2.24, 2.45) is 12.8 Å². The van der Waals surface area contributed by atoms with Gasteiger partial charge < -0.3 is 11.5 Å². The second-order valence-corrected chi connectivity index (χ2v) is 4.65. The number of rotatable bonds is 2. The quantitative estimate of drug-likeness (QED) is 0.670. The number of anilines is 1. The van der Waals surface area contributed by atoms with Crippen molar-refractivity contribution in [1.82, 2.24) is 19.6 Å². The van der Waals surface area contributed by atoms with Gasteiger partial charge in [-0.1, -0.05) is 0 Å². The highest BCUT2D eigenvalue weighted by Gasteiger charge is 2.21. The van der Waals surface area contributed by atoms with Crippen LogP contribution in [0, 0.1) is 6.92 Å². The van der Waals surface area contributed by atoms with E-state index in [4.69, 9.17) is 11.5 Å². The first-order valence-electron chi connectivity index (χ1n) is 6.06. The molecule has 0 aliphatic heterocycles. The molecule has 2 heterocycles. The van der Waals surface area contributed by atoms with Crippen LogP contribution in [0.5, 0.6) is 0 Å². The van der Waals surface area contributed by atoms with E-state index >= 15 is 0 Å². The zero-order valence-electron chi connectivity index (χ0n) is 11.2. The number of aryl methyl sites for hydroxylation is 2. The number of nitrogens with two attached hydrogens (primary N) is 2. The van der Waals surface area contributed by atoms with E-state index in [0.717, 1.165) is 10.9 Å². The predicted octanol–water partition coefficient (Wildman–Crippen LogP) is 0.749. The van der Waals surface area contributed by atoms with Gasteiger partial charge in [0, 0.05) is 18.1 Å². The van der Waals surface area contributed by atoms with Gasteiger partial charge in [0.05, 0.1) is 17.4 Å². The van der Waals surface area contributed by atoms with E-state index in [1.807, 2.05) is 6.07 Å². The number of nitrogens with zero attached hydrogens (tertiary/aromatic N) is 4. The van der Waals surface area contributed by atoms with Gasteiger partial charge in [-0.2, -0.15) is 10.2 Å². The van der Waals surface area contributed by atoms with Gasteiger partial charge in [0.15, 0.2) is 5.82 Å². The van der Waals surface area contributed by atoms with Gasteiger partial charge in [0.2, 0.25) is 0 Å². The first kappa shape index (κ1) is 12.2. The maximum atomic E-state index is 11.7. The number of primary amides is 1. The number of nitrogen functional groups attached to an aromatic ring is 1. The summed E-state index contributed by atoms with van der Waals surface area (Å²) in [5, 5.41) is 9.48. The summed E-state index contributed by atoms with van der Waals surface area (Å²) in [4.78, 5) is 11.7. The minimum atomic E-state index is -0.529. The predicted molar refractivity (Wildman–Crippen MR) is 75.5 cm³/mol. The third-order valence-electron chi connectivity index (χ3n) is 3.23. The zero-order valence-corrected chi connectivity index (χ0v) is 11.2. The molecule has 0 bridgehead atoms. The molecule has 0 fully saturated rings. The summed E-state index contributed by atoms with van der Waals surface area (Å²) in [5.74, 6) is 0.00810. The Morgan fingerprint density at radius 1 is 1.35 bits per heavy atom. The molecule has 102 valence electrons. The van der Waals surface area contributed by atoms with Crippen molar-refractivity contribution in [2.75, 3.05) is 5.73 Å². The lowest BCUT2D eigenvalue weighted by atomic mass is 10.2. The molecule has 3 aromatic rings. The molecule has 7 nitrogen and oxygen atoms in total. The molecule has 1 aromatic carbocycles. The maximum Gasteiger partial charge on any atom is 0.254 e. The average molecular weight is 270 g/mol. The Hall–Kier alpha value is -2.83. The van der Waals surface area contributed by atoms with Crippen LogP contribution in [-0.4, -0.2) is 25.5 Å². The lowest BCUT2D eigenvalue weighted by Gasteiger charge is -2.06. The number of aromatic nitrogens is 4. The molecule has 0 aliphatic carbocycles. The molecule has 0 radical (unpaired) electrons. The SMILES string of the molecule is Cc1nn(C)c(-n2ncc3ccc(N)cc32)c1C(N)=O. The molecule has 0 saturated carbocycles. The van der Waals surface area contributed by atoms with Gasteiger partial charge >= 0.3 is 0 Å². The van der Waals surface area contributed by atoms with Crippen LogP contribution < -0.4 is 11.5 Å². The summed E-state index contributed by atoms with van der Waals surface area (Å²) in [7, 11) is 1.74. The van der Waals surface area contributed by atoms with E-state index in [0.29, 0.717) is 22.8 Å². The first-order chi connectivity index (χ1) is 9.49. The van der Waals surface area contributed by atoms with Crippen LogP contribution in [0.15, 0.2) is 24.4 Å². The molecule has 7 heteroatoms. The van der Waals surface area contributed by atoms with Crippen LogP contribution in [0.3, 0.4) is 0 Å². The van der Waals surface area contributed by atoms with Gasteiger partial charge in [0.1, 0.15) is 5.56 Å². The number of fused-ring (bicyclic) bond motifs is 1. The lowest BCUT2D eigenvalue weighted by molar-refractivity contribution is 0.0999. The van der Waals surface area contributed by atoms with Crippen molar-refractivity contribution in [3.8, 4) is 5.82 Å². The van der Waals surface area contributed by atoms with E-state index in [9.17, 15) is 4.79 Å². The van der Waals surface area contributed by atoms with Gasteiger partial charge in [-0.25, -0.2) is 9.36 Å². The van der Waals surface area contributed by atoms with Gasteiger partial charge in [0.25, 0.3) is 5.91 Å². The number of hydrogen-bond donors (Lipinski definition) is 2. The average Bonchev–Trinajstić information content (AvgIpc) is 2.89. The van der Waals surface area contributed by atoms with Gasteiger partial charge in [-0.05, 0) is 25.1 Å². The van der Waals surface area contributed by atoms with Crippen LogP contribution in [0.1, 0.15) is 16.1 Å². The minimum Gasteiger partial charge on any atom is -0.399 e. The summed E-state index contributed by atoms with van der Waals surface area (Å²) in [5.41, 5.74) is 13.6. The second kappa shape index (κ2) is 4.09. The first-order valence-corrected chi connectivity index (χ1v) is 6.06. The smallest absolute Gasteiger partial charge is 0.254 e. The number of carbonyl (C=O) groups excluding carboxylic acids is 1. The van der Waals surface area contributed by atoms with Crippen molar-refractivity contribution >= 4 is 22.5 Å². The standard InChI is InChI=1S/C13H14N6O/c1-7-11(12(15)20)13(18(2)17-7)19-10-5-9(14)4-3-8(10)6-16-19/h3-6H,14H2,1-2H3,(H2,15,20). The molecule has 0 atom stereocenters. The van der Waals surface area contributed by atoms with Crippen molar-refractivity contribution < 1.29 is 4.79 Å². The Morgan fingerprint density at radius 3 is 2.80 bits per heavy atom. The highest BCUT2D eigenvalue weighted by molar-refractivity contribution is 5.98. The van der Waals surface area contributed by atoms with E-state index in [1.165, 1.54) is 0 Å². The molecular formula is C13H14N6O. The maximum absolute atomic E-state index is 11.7. The third-order valence-corrected chi connectivity index (χ3v) is 3.23. The van der Waals surface area contributed by atoms with Crippen molar-refractivity contribution in [3.05, 3.63) is 35.7 Å². The van der Waals surface area contributed by atoms with E-state index in [2.05, 4.69) is 10.2 Å². The van der Waals surface area contributed by atoms with E-state index < -0.39 is 5.91 Å². The fourth-order valence-corrected chi connectivity index (χ4v) is 2.38. The minimum absolute atomic E-state index is 0.361. The number of hydrogen-bond acceptors (Lipinski definition) is 4. The monoisotopic (exact) mass is 270 g/mol. The van der Waals surface area contributed by atoms with Crippen LogP contribution >= 0.6 is 0 Å². The summed E-state index contributed by atoms with van der Waals surface area (Å²) in [6.07, 6.45) is 1.71. The lowest BCUT2D eigenvalue weighted by Crippen LogP contribution is -2.16. The fourth-order valence-electron chi connectivity index (χ4n) is 2.38. The molecular weight excluding hydrogens is 256 g/mol. The summed E-state index contributed by atoms with van der Waals surface area (Å²) < 4.78 is 3.22. The Bertz CT molecular complexity index is 829. The van der Waals surface area contributed by atoms with Crippen LogP contribution in [0.25, 0.3) is 16.7 Å². The highest BCUT2D eigenvalue weighted by atomic mass is 16.1. The Balaban J connectivity index is 2.36. The topological polar surface area (TPSA) is 105 Å². The number of carbonyl (C=O) groups is 1. The van der Waals surface area contributed by atoms with Crippen LogP contribution in [0.2, 0.25) is 0 Å². The van der Waals surface area contributed by atoms with Crippen molar-refractivity contribution in [2.45, 2.75) is 6.92 Å². The number of benzene rings is 1. The second-order valence-electron chi connectivity index (χ2n) is 4.65. The van der Waals surface area contributed by atoms with E-state index in [-0.39, 0.29) is 0 Å². The van der Waals surface area contributed by atoms with Gasteiger partial charge in [-0.15, -0.1) is 0 Å². The van der Waals surface area contributed by atoms with Crippen LogP contribution in [-0.2, 0) is 7.05 Å². The summed E-state index contributed by atoms with van der Waals surface area (Å²) in [6.45, 7) is 1.74. The van der Waals surface area contributed by atoms with Crippen molar-refractivity contribution in [1.29, 1.82) is 0 Å². The molecule has 0 saturated heterocycles. The Kier molecular flexibility index (Phi) is 2.50. The van der Waals surface area contributed by atoms with Crippen molar-refractivity contribution in [3.63, 3.8) is 0 Å². The van der Waals surface area contributed by atoms with E-state index in [1.54, 1.807) is 41.7 Å². The van der Waals surface area contributed by atoms with Crippen LogP contribution in [0.4, 0.5) is 5.69 Å². The largest absolute Gasteiger partial charge is 0.399 e. The molecule has 4 N–H and O–H groups in total. The normalized spacial score (nSPS) is 11.1. The summed E-state index contributed by atoms with van der Waals surface area (Å²) >= 11 is 0. The molecule has 0 unspecified atom stereocenters. The molecule has 1 amide bonds. The highest BCUT2D eigenvalue weighted by Crippen LogP contribution is 2.23. The molecule has 0 aliphatic rings. The molecule has 20 heavy (non-hydrogen) atoms. The fraction of sp³-hybridized carbons (Fsp3) is 0.154. The third kappa shape index (κ3) is 1.63. The molecule has 2 aromatic heterocycles. The summed E-state index contributed by atoms with van der Waals surface area (Å²) in [6, 6.07) is 5.48. The molecule has 0 spiro atoms. The Labute approximate surface area is 114 Å².